The van der Waals surface area contributed by atoms with Gasteiger partial charge in [0, 0.05) is 12.6 Å². The molecule has 128 valence electrons. The van der Waals surface area contributed by atoms with Gasteiger partial charge < -0.3 is 16.0 Å². The first-order chi connectivity index (χ1) is 11.6. The highest BCUT2D eigenvalue weighted by molar-refractivity contribution is 5.77. The van der Waals surface area contributed by atoms with E-state index in [0.29, 0.717) is 18.5 Å². The number of nitrogens with one attached hydrogen (secondary N) is 1. The highest BCUT2D eigenvalue weighted by Crippen LogP contribution is 2.07. The van der Waals surface area contributed by atoms with Crippen LogP contribution in [0.2, 0.25) is 0 Å². The maximum atomic E-state index is 6.00. The summed E-state index contributed by atoms with van der Waals surface area (Å²) in [4.78, 5) is 6.72. The summed E-state index contributed by atoms with van der Waals surface area (Å²) in [6.07, 6.45) is 1.91. The minimum absolute atomic E-state index is 0.335. The maximum absolute atomic E-state index is 6.00. The Balaban J connectivity index is 1.79. The lowest BCUT2D eigenvalue weighted by Gasteiger charge is -2.23. The van der Waals surface area contributed by atoms with Gasteiger partial charge in [0.2, 0.25) is 0 Å². The molecule has 0 fully saturated rings. The van der Waals surface area contributed by atoms with Crippen molar-refractivity contribution in [2.75, 3.05) is 27.2 Å². The molecule has 2 aromatic carbocycles. The third-order valence-electron chi connectivity index (χ3n) is 4.08. The van der Waals surface area contributed by atoms with Gasteiger partial charge in [-0.05, 0) is 38.1 Å². The van der Waals surface area contributed by atoms with Crippen LogP contribution >= 0.6 is 0 Å². The van der Waals surface area contributed by atoms with Gasteiger partial charge in [-0.25, -0.2) is 0 Å². The molecule has 1 atom stereocenters. The fourth-order valence-electron chi connectivity index (χ4n) is 2.54. The van der Waals surface area contributed by atoms with Crippen LogP contribution in [0.25, 0.3) is 0 Å². The van der Waals surface area contributed by atoms with Crippen LogP contribution in [-0.4, -0.2) is 44.1 Å². The molecule has 0 amide bonds. The smallest absolute Gasteiger partial charge is 0.188 e. The Bertz CT molecular complexity index is 608. The molecule has 0 aromatic heterocycles. The summed E-state index contributed by atoms with van der Waals surface area (Å²) < 4.78 is 0. The number of aliphatic imine (C=N–C) groups is 1. The largest absolute Gasteiger partial charge is 0.370 e. The van der Waals surface area contributed by atoms with Gasteiger partial charge in [-0.1, -0.05) is 60.7 Å². The van der Waals surface area contributed by atoms with Crippen molar-refractivity contribution in [2.45, 2.75) is 18.9 Å². The topological polar surface area (TPSA) is 53.6 Å². The fraction of sp³-hybridized carbons (Fsp3) is 0.350. The molecule has 0 radical (unpaired) electrons. The van der Waals surface area contributed by atoms with Crippen LogP contribution in [0.5, 0.6) is 0 Å². The zero-order valence-corrected chi connectivity index (χ0v) is 14.7. The summed E-state index contributed by atoms with van der Waals surface area (Å²) in [6.45, 7) is 1.48. The summed E-state index contributed by atoms with van der Waals surface area (Å²) in [6, 6.07) is 21.2. The van der Waals surface area contributed by atoms with Crippen molar-refractivity contribution in [1.29, 1.82) is 0 Å². The number of benzene rings is 2. The number of rotatable bonds is 8. The Kier molecular flexibility index (Phi) is 7.30. The SMILES string of the molecule is CN(C)C(CN=C(N)NCCc1ccccc1)Cc1ccccc1. The Morgan fingerprint density at radius 1 is 1.00 bits per heavy atom. The summed E-state index contributed by atoms with van der Waals surface area (Å²) in [7, 11) is 4.17. The van der Waals surface area contributed by atoms with Gasteiger partial charge in [0.1, 0.15) is 0 Å². The van der Waals surface area contributed by atoms with E-state index in [1.165, 1.54) is 11.1 Å². The molecule has 0 bridgehead atoms. The van der Waals surface area contributed by atoms with Gasteiger partial charge in [0.25, 0.3) is 0 Å². The molecule has 0 spiro atoms. The van der Waals surface area contributed by atoms with Crippen LogP contribution in [-0.2, 0) is 12.8 Å². The van der Waals surface area contributed by atoms with Gasteiger partial charge in [-0.3, -0.25) is 4.99 Å². The molecular weight excluding hydrogens is 296 g/mol. The van der Waals surface area contributed by atoms with E-state index in [9.17, 15) is 0 Å². The van der Waals surface area contributed by atoms with Crippen LogP contribution in [0.1, 0.15) is 11.1 Å². The van der Waals surface area contributed by atoms with Crippen LogP contribution in [0.3, 0.4) is 0 Å². The van der Waals surface area contributed by atoms with Gasteiger partial charge in [-0.2, -0.15) is 0 Å². The molecular formula is C20H28N4. The third-order valence-corrected chi connectivity index (χ3v) is 4.08. The van der Waals surface area contributed by atoms with E-state index in [0.717, 1.165) is 19.4 Å². The van der Waals surface area contributed by atoms with Gasteiger partial charge in [0.15, 0.2) is 5.96 Å². The highest BCUT2D eigenvalue weighted by atomic mass is 15.1. The molecule has 2 aromatic rings. The van der Waals surface area contributed by atoms with E-state index < -0.39 is 0 Å². The second kappa shape index (κ2) is 9.73. The van der Waals surface area contributed by atoms with Crippen molar-refractivity contribution < 1.29 is 0 Å². The van der Waals surface area contributed by atoms with Crippen molar-refractivity contribution in [3.63, 3.8) is 0 Å². The number of likely N-dealkylation sites (N-methyl/N-ethyl adjacent to an activating group) is 1. The maximum Gasteiger partial charge on any atom is 0.188 e. The zero-order chi connectivity index (χ0) is 17.2. The van der Waals surface area contributed by atoms with Crippen LogP contribution in [0.15, 0.2) is 65.7 Å². The average molecular weight is 324 g/mol. The summed E-state index contributed by atoms with van der Waals surface area (Å²) in [5, 5.41) is 3.20. The van der Waals surface area contributed by atoms with Crippen LogP contribution < -0.4 is 11.1 Å². The molecule has 4 nitrogen and oxygen atoms in total. The van der Waals surface area contributed by atoms with E-state index in [1.54, 1.807) is 0 Å². The summed E-state index contributed by atoms with van der Waals surface area (Å²) in [5.41, 5.74) is 8.62. The first-order valence-electron chi connectivity index (χ1n) is 8.43. The second-order valence-corrected chi connectivity index (χ2v) is 6.20. The van der Waals surface area contributed by atoms with Gasteiger partial charge >= 0.3 is 0 Å². The van der Waals surface area contributed by atoms with E-state index in [4.69, 9.17) is 5.73 Å². The molecule has 0 aliphatic carbocycles. The number of nitrogens with two attached hydrogens (primary N) is 1. The van der Waals surface area contributed by atoms with Crippen molar-refractivity contribution in [2.24, 2.45) is 10.7 Å². The number of hydrogen-bond acceptors (Lipinski definition) is 2. The number of guanidine groups is 1. The molecule has 24 heavy (non-hydrogen) atoms. The molecule has 0 heterocycles. The molecule has 1 unspecified atom stereocenters. The average Bonchev–Trinajstić information content (AvgIpc) is 2.60. The molecule has 4 heteroatoms. The van der Waals surface area contributed by atoms with E-state index >= 15 is 0 Å². The van der Waals surface area contributed by atoms with Crippen LogP contribution in [0.4, 0.5) is 0 Å². The van der Waals surface area contributed by atoms with Crippen molar-refractivity contribution in [1.82, 2.24) is 10.2 Å². The second-order valence-electron chi connectivity index (χ2n) is 6.20. The molecule has 0 aliphatic heterocycles. The van der Waals surface area contributed by atoms with E-state index in [2.05, 4.69) is 77.8 Å². The predicted molar refractivity (Wildman–Crippen MR) is 102 cm³/mol. The minimum Gasteiger partial charge on any atom is -0.370 e. The minimum atomic E-state index is 0.335. The zero-order valence-electron chi connectivity index (χ0n) is 14.7. The molecule has 3 N–H and O–H groups in total. The third kappa shape index (κ3) is 6.42. The first-order valence-corrected chi connectivity index (χ1v) is 8.43. The first kappa shape index (κ1) is 18.0. The highest BCUT2D eigenvalue weighted by Gasteiger charge is 2.11. The van der Waals surface area contributed by atoms with Crippen LogP contribution in [0, 0.1) is 0 Å². The molecule has 0 aliphatic rings. The Labute approximate surface area is 145 Å². The monoisotopic (exact) mass is 324 g/mol. The van der Waals surface area contributed by atoms with Crippen molar-refractivity contribution in [3.05, 3.63) is 71.8 Å². The van der Waals surface area contributed by atoms with Gasteiger partial charge in [0.05, 0.1) is 6.54 Å². The van der Waals surface area contributed by atoms with E-state index in [1.807, 2.05) is 12.1 Å². The lowest BCUT2D eigenvalue weighted by Crippen LogP contribution is -2.37. The lowest BCUT2D eigenvalue weighted by atomic mass is 10.1. The fourth-order valence-corrected chi connectivity index (χ4v) is 2.54. The molecule has 0 saturated heterocycles. The number of hydrogen-bond donors (Lipinski definition) is 2. The van der Waals surface area contributed by atoms with E-state index in [-0.39, 0.29) is 0 Å². The quantitative estimate of drug-likeness (QED) is 0.579. The normalized spacial score (nSPS) is 13.0. The molecule has 0 saturated carbocycles. The van der Waals surface area contributed by atoms with Crippen molar-refractivity contribution in [3.8, 4) is 0 Å². The predicted octanol–water partition coefficient (Wildman–Crippen LogP) is 2.31. The Morgan fingerprint density at radius 2 is 1.58 bits per heavy atom. The number of nitrogens with zero attached hydrogens (tertiary/aromatic N) is 2. The Hall–Kier alpha value is -2.33. The summed E-state index contributed by atoms with van der Waals surface area (Å²) in [5.74, 6) is 0.519. The standard InChI is InChI=1S/C20H28N4/c1-24(2)19(15-18-11-7-4-8-12-18)16-23-20(21)22-14-13-17-9-5-3-6-10-17/h3-12,19H,13-16H2,1-2H3,(H3,21,22,23). The molecule has 2 rings (SSSR count). The van der Waals surface area contributed by atoms with Crippen molar-refractivity contribution >= 4 is 5.96 Å². The van der Waals surface area contributed by atoms with Gasteiger partial charge in [-0.15, -0.1) is 0 Å². The summed E-state index contributed by atoms with van der Waals surface area (Å²) >= 11 is 0. The Morgan fingerprint density at radius 3 is 2.17 bits per heavy atom. The lowest BCUT2D eigenvalue weighted by molar-refractivity contribution is 0.298.